The first-order valence-corrected chi connectivity index (χ1v) is 9.50. The molecule has 158 valence electrons. The smallest absolute Gasteiger partial charge is 0.203 e. The van der Waals surface area contributed by atoms with Crippen molar-refractivity contribution in [3.05, 3.63) is 47.0 Å². The van der Waals surface area contributed by atoms with E-state index in [-0.39, 0.29) is 0 Å². The largest absolute Gasteiger partial charge is 0.497 e. The Labute approximate surface area is 173 Å². The van der Waals surface area contributed by atoms with Crippen LogP contribution in [-0.4, -0.2) is 40.9 Å². The minimum Gasteiger partial charge on any atom is -0.497 e. The zero-order valence-electron chi connectivity index (χ0n) is 18.1. The van der Waals surface area contributed by atoms with E-state index in [9.17, 15) is 0 Å². The van der Waals surface area contributed by atoms with Crippen LogP contribution in [0.4, 0.5) is 0 Å². The van der Waals surface area contributed by atoms with Crippen molar-refractivity contribution in [2.75, 3.05) is 35.0 Å². The summed E-state index contributed by atoms with van der Waals surface area (Å²) in [6.45, 7) is 5.94. The van der Waals surface area contributed by atoms with Crippen LogP contribution in [0.3, 0.4) is 0 Å². The van der Waals surface area contributed by atoms with Crippen molar-refractivity contribution in [2.45, 2.75) is 26.9 Å². The number of methoxy groups -OCH3 is 4. The first-order chi connectivity index (χ1) is 14.0. The van der Waals surface area contributed by atoms with Crippen LogP contribution >= 0.6 is 0 Å². The fraction of sp³-hybridized carbons (Fsp3) is 0.409. The number of rotatable bonds is 9. The van der Waals surface area contributed by atoms with Gasteiger partial charge in [0.25, 0.3) is 0 Å². The van der Waals surface area contributed by atoms with Gasteiger partial charge in [0.1, 0.15) is 5.75 Å². The Hall–Kier alpha value is -3.09. The Morgan fingerprint density at radius 2 is 1.52 bits per heavy atom. The fourth-order valence-corrected chi connectivity index (χ4v) is 2.97. The van der Waals surface area contributed by atoms with Crippen molar-refractivity contribution in [1.82, 2.24) is 10.6 Å². The van der Waals surface area contributed by atoms with Crippen molar-refractivity contribution in [2.24, 2.45) is 4.99 Å². The summed E-state index contributed by atoms with van der Waals surface area (Å²) < 4.78 is 21.6. The molecule has 2 aromatic rings. The maximum atomic E-state index is 5.42. The molecule has 7 nitrogen and oxygen atoms in total. The minimum absolute atomic E-state index is 0.544. The molecule has 2 rings (SSSR count). The van der Waals surface area contributed by atoms with E-state index >= 15 is 0 Å². The molecule has 29 heavy (non-hydrogen) atoms. The SMILES string of the molecule is CCNC(=NCc1cc(C)cc(OC)c1)NCc1cc(OC)c(OC)c(OC)c1. The third-order valence-corrected chi connectivity index (χ3v) is 4.29. The average Bonchev–Trinajstić information content (AvgIpc) is 2.74. The van der Waals surface area contributed by atoms with Crippen LogP contribution in [0.2, 0.25) is 0 Å². The molecule has 0 unspecified atom stereocenters. The van der Waals surface area contributed by atoms with Gasteiger partial charge in [0, 0.05) is 13.1 Å². The van der Waals surface area contributed by atoms with Crippen LogP contribution in [0.25, 0.3) is 0 Å². The van der Waals surface area contributed by atoms with E-state index in [0.717, 1.165) is 34.9 Å². The van der Waals surface area contributed by atoms with E-state index in [2.05, 4.69) is 21.7 Å². The molecule has 0 bridgehead atoms. The quantitative estimate of drug-likeness (QED) is 0.496. The molecule has 0 atom stereocenters. The van der Waals surface area contributed by atoms with Gasteiger partial charge >= 0.3 is 0 Å². The van der Waals surface area contributed by atoms with Crippen LogP contribution in [0.1, 0.15) is 23.6 Å². The second-order valence-corrected chi connectivity index (χ2v) is 6.44. The van der Waals surface area contributed by atoms with Crippen molar-refractivity contribution >= 4 is 5.96 Å². The van der Waals surface area contributed by atoms with Gasteiger partial charge in [-0.25, -0.2) is 4.99 Å². The molecule has 0 spiro atoms. The molecule has 0 fully saturated rings. The summed E-state index contributed by atoms with van der Waals surface area (Å²) in [5.41, 5.74) is 3.22. The molecule has 0 radical (unpaired) electrons. The van der Waals surface area contributed by atoms with Crippen molar-refractivity contribution in [1.29, 1.82) is 0 Å². The van der Waals surface area contributed by atoms with Crippen LogP contribution < -0.4 is 29.6 Å². The average molecular weight is 402 g/mol. The maximum absolute atomic E-state index is 5.42. The third kappa shape index (κ3) is 6.20. The topological polar surface area (TPSA) is 73.3 Å². The Bertz CT molecular complexity index is 812. The highest BCUT2D eigenvalue weighted by atomic mass is 16.5. The van der Waals surface area contributed by atoms with Gasteiger partial charge in [-0.2, -0.15) is 0 Å². The number of aryl methyl sites for hydroxylation is 1. The predicted octanol–water partition coefficient (Wildman–Crippen LogP) is 3.28. The summed E-state index contributed by atoms with van der Waals surface area (Å²) in [5.74, 6) is 3.38. The van der Waals surface area contributed by atoms with Gasteiger partial charge in [-0.15, -0.1) is 0 Å². The first kappa shape index (κ1) is 22.2. The monoisotopic (exact) mass is 401 g/mol. The minimum atomic E-state index is 0.544. The summed E-state index contributed by atoms with van der Waals surface area (Å²) in [5, 5.41) is 6.61. The zero-order valence-corrected chi connectivity index (χ0v) is 18.1. The first-order valence-electron chi connectivity index (χ1n) is 9.50. The van der Waals surface area contributed by atoms with Gasteiger partial charge in [0.15, 0.2) is 17.5 Å². The third-order valence-electron chi connectivity index (χ3n) is 4.29. The standard InChI is InChI=1S/C22H31N3O4/c1-7-23-22(24-13-16-8-15(2)9-18(10-16)26-3)25-14-17-11-19(27-4)21(29-6)20(12-17)28-5/h8-12H,7,13-14H2,1-6H3,(H2,23,24,25). The van der Waals surface area contributed by atoms with E-state index in [0.29, 0.717) is 30.3 Å². The van der Waals surface area contributed by atoms with Crippen molar-refractivity contribution in [3.8, 4) is 23.0 Å². The van der Waals surface area contributed by atoms with Crippen LogP contribution in [0.15, 0.2) is 35.3 Å². The van der Waals surface area contributed by atoms with E-state index in [1.54, 1.807) is 28.4 Å². The summed E-state index contributed by atoms with van der Waals surface area (Å²) >= 11 is 0. The molecular weight excluding hydrogens is 370 g/mol. The zero-order chi connectivity index (χ0) is 21.2. The Morgan fingerprint density at radius 1 is 0.828 bits per heavy atom. The van der Waals surface area contributed by atoms with Crippen molar-refractivity contribution < 1.29 is 18.9 Å². The molecule has 0 aliphatic rings. The maximum Gasteiger partial charge on any atom is 0.203 e. The molecule has 0 aliphatic heterocycles. The lowest BCUT2D eigenvalue weighted by molar-refractivity contribution is 0.323. The van der Waals surface area contributed by atoms with Crippen LogP contribution in [0, 0.1) is 6.92 Å². The van der Waals surface area contributed by atoms with Crippen molar-refractivity contribution in [3.63, 3.8) is 0 Å². The van der Waals surface area contributed by atoms with Gasteiger partial charge in [-0.05, 0) is 54.8 Å². The number of nitrogens with one attached hydrogen (secondary N) is 2. The Kier molecular flexibility index (Phi) is 8.45. The number of nitrogens with zero attached hydrogens (tertiary/aromatic N) is 1. The van der Waals surface area contributed by atoms with Gasteiger partial charge in [0.2, 0.25) is 5.75 Å². The highest BCUT2D eigenvalue weighted by molar-refractivity contribution is 5.79. The number of aliphatic imine (C=N–C) groups is 1. The Morgan fingerprint density at radius 3 is 2.07 bits per heavy atom. The molecule has 0 saturated carbocycles. The summed E-state index contributed by atoms with van der Waals surface area (Å²) in [4.78, 5) is 4.69. The summed E-state index contributed by atoms with van der Waals surface area (Å²) in [6.07, 6.45) is 0. The highest BCUT2D eigenvalue weighted by Crippen LogP contribution is 2.38. The summed E-state index contributed by atoms with van der Waals surface area (Å²) in [7, 11) is 6.48. The summed E-state index contributed by atoms with van der Waals surface area (Å²) in [6, 6.07) is 9.95. The predicted molar refractivity (Wildman–Crippen MR) is 115 cm³/mol. The number of benzene rings is 2. The van der Waals surface area contributed by atoms with Crippen LogP contribution in [0.5, 0.6) is 23.0 Å². The molecule has 2 N–H and O–H groups in total. The van der Waals surface area contributed by atoms with Gasteiger partial charge in [-0.3, -0.25) is 0 Å². The van der Waals surface area contributed by atoms with E-state index < -0.39 is 0 Å². The number of hydrogen-bond donors (Lipinski definition) is 2. The molecule has 0 aliphatic carbocycles. The molecule has 0 aromatic heterocycles. The molecule has 0 heterocycles. The van der Waals surface area contributed by atoms with E-state index in [4.69, 9.17) is 18.9 Å². The molecule has 0 amide bonds. The second kappa shape index (κ2) is 11.0. The normalized spacial score (nSPS) is 11.0. The van der Waals surface area contributed by atoms with E-state index in [1.165, 1.54) is 0 Å². The lowest BCUT2D eigenvalue weighted by Gasteiger charge is -2.16. The van der Waals surface area contributed by atoms with Gasteiger partial charge < -0.3 is 29.6 Å². The van der Waals surface area contributed by atoms with Gasteiger partial charge in [0.05, 0.1) is 35.0 Å². The lowest BCUT2D eigenvalue weighted by Crippen LogP contribution is -2.36. The van der Waals surface area contributed by atoms with Gasteiger partial charge in [-0.1, -0.05) is 6.07 Å². The Balaban J connectivity index is 2.15. The molecule has 2 aromatic carbocycles. The second-order valence-electron chi connectivity index (χ2n) is 6.44. The number of hydrogen-bond acceptors (Lipinski definition) is 5. The molecule has 0 saturated heterocycles. The van der Waals surface area contributed by atoms with Crippen LogP contribution in [-0.2, 0) is 13.1 Å². The van der Waals surface area contributed by atoms with E-state index in [1.807, 2.05) is 38.1 Å². The molecular formula is C22H31N3O4. The lowest BCUT2D eigenvalue weighted by atomic mass is 10.1. The number of guanidine groups is 1. The fourth-order valence-electron chi connectivity index (χ4n) is 2.97. The highest BCUT2D eigenvalue weighted by Gasteiger charge is 2.13. The number of ether oxygens (including phenoxy) is 4. The molecule has 7 heteroatoms.